The van der Waals surface area contributed by atoms with E-state index in [0.717, 1.165) is 0 Å². The lowest BCUT2D eigenvalue weighted by molar-refractivity contribution is -0.926. The van der Waals surface area contributed by atoms with E-state index in [1.54, 1.807) is 0 Å². The van der Waals surface area contributed by atoms with Crippen molar-refractivity contribution in [1.82, 2.24) is 0 Å². The van der Waals surface area contributed by atoms with Crippen molar-refractivity contribution >= 4 is 15.9 Å². The van der Waals surface area contributed by atoms with Gasteiger partial charge < -0.3 is 28.5 Å². The van der Waals surface area contributed by atoms with Crippen LogP contribution in [0.1, 0.15) is 91.4 Å². The van der Waals surface area contributed by atoms with E-state index >= 15 is 0 Å². The maximum absolute atomic E-state index is 3.72. The lowest BCUT2D eigenvalue weighted by atomic mass is 10.1. The highest BCUT2D eigenvalue weighted by Gasteiger charge is 2.25. The first-order chi connectivity index (χ1) is 10.2. The standard InChI is InChI=1S/C19H41BrN.HI/c1-4-7-10-13-17-21(19-15-20,16-12-9-6-3)18-14-11-8-5-2;/h4-19H2,1-3H3;1H/q+1;/p-1. The summed E-state index contributed by atoms with van der Waals surface area (Å²) in [5, 5.41) is 1.17. The fraction of sp³-hybridized carbons (Fsp3) is 1.00. The predicted molar refractivity (Wildman–Crippen MR) is 101 cm³/mol. The topological polar surface area (TPSA) is 0 Å². The van der Waals surface area contributed by atoms with Gasteiger partial charge in [-0.3, -0.25) is 0 Å². The van der Waals surface area contributed by atoms with Gasteiger partial charge in [0.2, 0.25) is 0 Å². The Balaban J connectivity index is 0. The van der Waals surface area contributed by atoms with Gasteiger partial charge in [0.15, 0.2) is 0 Å². The molecule has 0 aromatic carbocycles. The van der Waals surface area contributed by atoms with Gasteiger partial charge in [0.25, 0.3) is 0 Å². The largest absolute Gasteiger partial charge is 1.00 e. The van der Waals surface area contributed by atoms with Gasteiger partial charge >= 0.3 is 0 Å². The summed E-state index contributed by atoms with van der Waals surface area (Å²) < 4.78 is 1.39. The second-order valence-electron chi connectivity index (χ2n) is 6.75. The van der Waals surface area contributed by atoms with E-state index in [4.69, 9.17) is 0 Å². The van der Waals surface area contributed by atoms with Crippen LogP contribution in [0.3, 0.4) is 0 Å². The van der Waals surface area contributed by atoms with Crippen molar-refractivity contribution in [2.45, 2.75) is 91.4 Å². The molecule has 0 fully saturated rings. The molecule has 0 spiro atoms. The average Bonchev–Trinajstić information content (AvgIpc) is 2.49. The Kier molecular flexibility index (Phi) is 21.4. The predicted octanol–water partition coefficient (Wildman–Crippen LogP) is 3.55. The van der Waals surface area contributed by atoms with Gasteiger partial charge in [-0.2, -0.15) is 0 Å². The number of nitrogens with zero attached hydrogens (tertiary/aromatic N) is 1. The molecule has 0 N–H and O–H groups in total. The van der Waals surface area contributed by atoms with Crippen molar-refractivity contribution in [3.63, 3.8) is 0 Å². The maximum atomic E-state index is 3.72. The van der Waals surface area contributed by atoms with Crippen LogP contribution in [0.5, 0.6) is 0 Å². The second-order valence-corrected chi connectivity index (χ2v) is 7.55. The van der Waals surface area contributed by atoms with Gasteiger partial charge in [0.1, 0.15) is 0 Å². The smallest absolute Gasteiger partial charge is 0.0885 e. The first-order valence-corrected chi connectivity index (χ1v) is 10.8. The summed E-state index contributed by atoms with van der Waals surface area (Å²) in [6.45, 7) is 12.5. The number of quaternary nitrogens is 1. The molecule has 0 unspecified atom stereocenters. The zero-order chi connectivity index (χ0) is 15.8. The Bertz CT molecular complexity index is 200. The Hall–Kier alpha value is 1.17. The van der Waals surface area contributed by atoms with E-state index < -0.39 is 0 Å². The van der Waals surface area contributed by atoms with Crippen LogP contribution in [0.2, 0.25) is 0 Å². The zero-order valence-electron chi connectivity index (χ0n) is 15.5. The molecule has 3 heteroatoms. The summed E-state index contributed by atoms with van der Waals surface area (Å²) in [5.41, 5.74) is 0. The lowest BCUT2D eigenvalue weighted by Crippen LogP contribution is -3.00. The molecule has 0 bridgehead atoms. The van der Waals surface area contributed by atoms with Crippen LogP contribution in [0.25, 0.3) is 0 Å². The zero-order valence-corrected chi connectivity index (χ0v) is 19.3. The molecule has 0 saturated carbocycles. The molecule has 0 aromatic heterocycles. The van der Waals surface area contributed by atoms with E-state index in [1.807, 2.05) is 0 Å². The Morgan fingerprint density at radius 2 is 0.909 bits per heavy atom. The number of alkyl halides is 1. The molecular weight excluding hydrogens is 449 g/mol. The Morgan fingerprint density at radius 1 is 0.545 bits per heavy atom. The highest BCUT2D eigenvalue weighted by Crippen LogP contribution is 2.17. The molecule has 1 nitrogen and oxygen atoms in total. The van der Waals surface area contributed by atoms with E-state index in [-0.39, 0.29) is 24.0 Å². The van der Waals surface area contributed by atoms with Crippen LogP contribution in [0, 0.1) is 0 Å². The van der Waals surface area contributed by atoms with Crippen LogP contribution in [-0.4, -0.2) is 36.0 Å². The molecule has 0 aliphatic rings. The van der Waals surface area contributed by atoms with E-state index in [0.29, 0.717) is 0 Å². The first kappa shape index (κ1) is 25.4. The van der Waals surface area contributed by atoms with Crippen LogP contribution in [-0.2, 0) is 0 Å². The molecule has 0 amide bonds. The van der Waals surface area contributed by atoms with Crippen LogP contribution >= 0.6 is 15.9 Å². The molecule has 0 aliphatic heterocycles. The monoisotopic (exact) mass is 489 g/mol. The molecule has 0 aliphatic carbocycles. The molecule has 0 atom stereocenters. The third kappa shape index (κ3) is 13.6. The van der Waals surface area contributed by atoms with Gasteiger partial charge in [0.05, 0.1) is 31.5 Å². The number of hydrogen-bond acceptors (Lipinski definition) is 0. The summed E-state index contributed by atoms with van der Waals surface area (Å²) >= 11 is 3.72. The van der Waals surface area contributed by atoms with E-state index in [2.05, 4.69) is 36.7 Å². The van der Waals surface area contributed by atoms with Crippen LogP contribution in [0.4, 0.5) is 0 Å². The quantitative estimate of drug-likeness (QED) is 0.134. The molecule has 0 heterocycles. The Morgan fingerprint density at radius 3 is 1.27 bits per heavy atom. The molecule has 0 saturated heterocycles. The second kappa shape index (κ2) is 18.5. The third-order valence-corrected chi connectivity index (χ3v) is 5.12. The summed E-state index contributed by atoms with van der Waals surface area (Å²) in [6, 6.07) is 0. The molecule has 0 rings (SSSR count). The average molecular weight is 490 g/mol. The molecular formula is C19H41BrIN. The van der Waals surface area contributed by atoms with Gasteiger partial charge in [-0.15, -0.1) is 0 Å². The normalized spacial score (nSPS) is 11.5. The van der Waals surface area contributed by atoms with Crippen molar-refractivity contribution in [2.24, 2.45) is 0 Å². The van der Waals surface area contributed by atoms with Crippen LogP contribution in [0.15, 0.2) is 0 Å². The fourth-order valence-electron chi connectivity index (χ4n) is 3.30. The van der Waals surface area contributed by atoms with Gasteiger partial charge in [-0.1, -0.05) is 68.8 Å². The summed E-state index contributed by atoms with van der Waals surface area (Å²) in [4.78, 5) is 0. The highest BCUT2D eigenvalue weighted by atomic mass is 127. The number of unbranched alkanes of at least 4 members (excludes halogenated alkanes) is 8. The van der Waals surface area contributed by atoms with Crippen LogP contribution < -0.4 is 24.0 Å². The van der Waals surface area contributed by atoms with E-state index in [1.165, 1.54) is 107 Å². The summed E-state index contributed by atoms with van der Waals surface area (Å²) in [7, 11) is 0. The van der Waals surface area contributed by atoms with Gasteiger partial charge in [0, 0.05) is 0 Å². The molecule has 136 valence electrons. The highest BCUT2D eigenvalue weighted by molar-refractivity contribution is 9.09. The summed E-state index contributed by atoms with van der Waals surface area (Å²) in [5.74, 6) is 0. The van der Waals surface area contributed by atoms with Crippen molar-refractivity contribution in [1.29, 1.82) is 0 Å². The van der Waals surface area contributed by atoms with Crippen molar-refractivity contribution < 1.29 is 28.5 Å². The maximum Gasteiger partial charge on any atom is 0.0885 e. The van der Waals surface area contributed by atoms with Crippen molar-refractivity contribution in [3.05, 3.63) is 0 Å². The number of rotatable bonds is 16. The third-order valence-electron chi connectivity index (χ3n) is 4.77. The number of hydrogen-bond donors (Lipinski definition) is 0. The SMILES string of the molecule is CCCCCC[N+](CCBr)(CCCCC)CCCCCC.[I-]. The van der Waals surface area contributed by atoms with E-state index in [9.17, 15) is 0 Å². The minimum absolute atomic E-state index is 0. The minimum Gasteiger partial charge on any atom is -1.00 e. The molecule has 0 radical (unpaired) electrons. The van der Waals surface area contributed by atoms with Gasteiger partial charge in [-0.25, -0.2) is 0 Å². The molecule has 0 aromatic rings. The minimum atomic E-state index is 0. The van der Waals surface area contributed by atoms with Crippen molar-refractivity contribution in [3.8, 4) is 0 Å². The van der Waals surface area contributed by atoms with Gasteiger partial charge in [-0.05, 0) is 38.5 Å². The molecule has 22 heavy (non-hydrogen) atoms. The summed E-state index contributed by atoms with van der Waals surface area (Å²) in [6.07, 6.45) is 15.4. The first-order valence-electron chi connectivity index (χ1n) is 9.65. The van der Waals surface area contributed by atoms with Crippen molar-refractivity contribution in [2.75, 3.05) is 31.5 Å². The number of halogens is 2. The fourth-order valence-corrected chi connectivity index (χ4v) is 4.05. The lowest BCUT2D eigenvalue weighted by Gasteiger charge is -2.39. The Labute approximate surface area is 166 Å².